The Balaban J connectivity index is 1.73. The number of hydrogen-bond acceptors (Lipinski definition) is 6. The molecule has 0 spiro atoms. The highest BCUT2D eigenvalue weighted by molar-refractivity contribution is 7.15. The summed E-state index contributed by atoms with van der Waals surface area (Å²) >= 11 is 7.49. The van der Waals surface area contributed by atoms with Crippen molar-refractivity contribution in [3.63, 3.8) is 0 Å². The summed E-state index contributed by atoms with van der Waals surface area (Å²) in [6, 6.07) is 11.6. The Hall–Kier alpha value is -2.97. The Bertz CT molecular complexity index is 1020. The summed E-state index contributed by atoms with van der Waals surface area (Å²) in [5, 5.41) is 15.0. The van der Waals surface area contributed by atoms with Crippen LogP contribution in [0.1, 0.15) is 27.7 Å². The number of halogens is 1. The lowest BCUT2D eigenvalue weighted by molar-refractivity contribution is -0.385. The zero-order valence-electron chi connectivity index (χ0n) is 14.8. The number of anilines is 1. The summed E-state index contributed by atoms with van der Waals surface area (Å²) < 4.78 is 5.23. The van der Waals surface area contributed by atoms with Gasteiger partial charge < -0.3 is 4.74 Å². The van der Waals surface area contributed by atoms with Crippen LogP contribution in [0.15, 0.2) is 48.7 Å². The first kappa shape index (κ1) is 19.8. The Morgan fingerprint density at radius 2 is 2.11 bits per heavy atom. The average Bonchev–Trinajstić information content (AvgIpc) is 3.11. The standard InChI is InChI=1S/C19H16ClN3O4S/c1-2-27-17-8-7-13(10-16(17)23(25)26)18(24)22-19-21-11-14(28-19)9-12-5-3-4-6-15(12)20/h3-8,10-11H,2,9H2,1H3,(H,21,22,24). The van der Waals surface area contributed by atoms with Crippen molar-refractivity contribution >= 4 is 39.7 Å². The Kier molecular flexibility index (Phi) is 6.23. The van der Waals surface area contributed by atoms with Gasteiger partial charge in [0.05, 0.1) is 11.5 Å². The van der Waals surface area contributed by atoms with Gasteiger partial charge in [0.15, 0.2) is 10.9 Å². The highest BCUT2D eigenvalue weighted by atomic mass is 35.5. The molecule has 9 heteroatoms. The van der Waals surface area contributed by atoms with Crippen LogP contribution >= 0.6 is 22.9 Å². The number of hydrogen-bond donors (Lipinski definition) is 1. The van der Waals surface area contributed by atoms with Crippen LogP contribution in [0.4, 0.5) is 10.8 Å². The summed E-state index contributed by atoms with van der Waals surface area (Å²) in [6.45, 7) is 2.02. The number of nitro groups is 1. The van der Waals surface area contributed by atoms with E-state index in [0.717, 1.165) is 10.4 Å². The SMILES string of the molecule is CCOc1ccc(C(=O)Nc2ncc(Cc3ccccc3Cl)s2)cc1[N+](=O)[O-]. The molecule has 0 fully saturated rings. The summed E-state index contributed by atoms with van der Waals surface area (Å²) in [5.41, 5.74) is 0.860. The molecule has 1 aromatic heterocycles. The molecule has 2 aromatic carbocycles. The van der Waals surface area contributed by atoms with Crippen LogP contribution in [-0.4, -0.2) is 22.4 Å². The molecular weight excluding hydrogens is 402 g/mol. The quantitative estimate of drug-likeness (QED) is 0.433. The highest BCUT2D eigenvalue weighted by Crippen LogP contribution is 2.29. The maximum Gasteiger partial charge on any atom is 0.311 e. The van der Waals surface area contributed by atoms with E-state index in [1.165, 1.54) is 29.5 Å². The van der Waals surface area contributed by atoms with Crippen molar-refractivity contribution in [2.24, 2.45) is 0 Å². The first-order valence-corrected chi connectivity index (χ1v) is 9.58. The molecule has 3 aromatic rings. The van der Waals surface area contributed by atoms with Gasteiger partial charge in [-0.2, -0.15) is 0 Å². The van der Waals surface area contributed by atoms with Crippen molar-refractivity contribution in [3.8, 4) is 5.75 Å². The van der Waals surface area contributed by atoms with E-state index in [0.29, 0.717) is 23.2 Å². The molecule has 1 heterocycles. The van der Waals surface area contributed by atoms with Crippen molar-refractivity contribution in [1.29, 1.82) is 0 Å². The fourth-order valence-corrected chi connectivity index (χ4v) is 3.56. The molecule has 0 radical (unpaired) electrons. The van der Waals surface area contributed by atoms with Gasteiger partial charge in [0.2, 0.25) is 0 Å². The van der Waals surface area contributed by atoms with E-state index in [2.05, 4.69) is 10.3 Å². The van der Waals surface area contributed by atoms with Crippen molar-refractivity contribution in [1.82, 2.24) is 4.98 Å². The molecule has 7 nitrogen and oxygen atoms in total. The van der Waals surface area contributed by atoms with Gasteiger partial charge in [0.1, 0.15) is 0 Å². The minimum absolute atomic E-state index is 0.125. The van der Waals surface area contributed by atoms with E-state index in [4.69, 9.17) is 16.3 Å². The number of carbonyl (C=O) groups excluding carboxylic acids is 1. The monoisotopic (exact) mass is 417 g/mol. The Morgan fingerprint density at radius 3 is 2.82 bits per heavy atom. The van der Waals surface area contributed by atoms with Crippen LogP contribution in [0.25, 0.3) is 0 Å². The molecule has 0 aliphatic rings. The average molecular weight is 418 g/mol. The molecule has 0 unspecified atom stereocenters. The van der Waals surface area contributed by atoms with Crippen LogP contribution in [0.3, 0.4) is 0 Å². The lowest BCUT2D eigenvalue weighted by Gasteiger charge is -2.06. The maximum absolute atomic E-state index is 12.5. The largest absolute Gasteiger partial charge is 0.487 e. The third kappa shape index (κ3) is 4.65. The van der Waals surface area contributed by atoms with Gasteiger partial charge in [-0.15, -0.1) is 11.3 Å². The van der Waals surface area contributed by atoms with Gasteiger partial charge in [-0.3, -0.25) is 20.2 Å². The molecule has 0 atom stereocenters. The van der Waals surface area contributed by atoms with Gasteiger partial charge in [-0.1, -0.05) is 29.8 Å². The number of benzene rings is 2. The zero-order valence-corrected chi connectivity index (χ0v) is 16.4. The van der Waals surface area contributed by atoms with Gasteiger partial charge in [0.25, 0.3) is 5.91 Å². The van der Waals surface area contributed by atoms with E-state index in [1.54, 1.807) is 13.1 Å². The number of nitrogens with zero attached hydrogens (tertiary/aromatic N) is 2. The number of aromatic nitrogens is 1. The van der Waals surface area contributed by atoms with Gasteiger partial charge in [-0.25, -0.2) is 4.98 Å². The molecule has 1 amide bonds. The molecule has 1 N–H and O–H groups in total. The number of rotatable bonds is 7. The number of nitrogens with one attached hydrogen (secondary N) is 1. The third-order valence-corrected chi connectivity index (χ3v) is 5.10. The molecule has 28 heavy (non-hydrogen) atoms. The van der Waals surface area contributed by atoms with E-state index in [1.807, 2.05) is 24.3 Å². The first-order chi connectivity index (χ1) is 13.5. The molecule has 0 aliphatic carbocycles. The van der Waals surface area contributed by atoms with E-state index in [-0.39, 0.29) is 17.0 Å². The van der Waals surface area contributed by atoms with E-state index >= 15 is 0 Å². The number of ether oxygens (including phenoxy) is 1. The number of nitro benzene ring substituents is 1. The van der Waals surface area contributed by atoms with Crippen molar-refractivity contribution in [2.45, 2.75) is 13.3 Å². The molecule has 0 bridgehead atoms. The van der Waals surface area contributed by atoms with Gasteiger partial charge >= 0.3 is 5.69 Å². The first-order valence-electron chi connectivity index (χ1n) is 8.38. The Labute approximate surface area is 170 Å². The van der Waals surface area contributed by atoms with Crippen molar-refractivity contribution < 1.29 is 14.5 Å². The molecule has 3 rings (SSSR count). The van der Waals surface area contributed by atoms with Crippen LogP contribution in [0, 0.1) is 10.1 Å². The summed E-state index contributed by atoms with van der Waals surface area (Å²) in [6.07, 6.45) is 2.27. The Morgan fingerprint density at radius 1 is 1.32 bits per heavy atom. The molecule has 144 valence electrons. The summed E-state index contributed by atoms with van der Waals surface area (Å²) in [4.78, 5) is 28.2. The van der Waals surface area contributed by atoms with Crippen LogP contribution in [-0.2, 0) is 6.42 Å². The predicted octanol–water partition coefficient (Wildman–Crippen LogP) is 4.95. The van der Waals surface area contributed by atoms with Crippen molar-refractivity contribution in [2.75, 3.05) is 11.9 Å². The lowest BCUT2D eigenvalue weighted by atomic mass is 10.1. The molecular formula is C19H16ClN3O4S. The predicted molar refractivity (Wildman–Crippen MR) is 109 cm³/mol. The fraction of sp³-hybridized carbons (Fsp3) is 0.158. The smallest absolute Gasteiger partial charge is 0.311 e. The van der Waals surface area contributed by atoms with Crippen LogP contribution in [0.5, 0.6) is 5.75 Å². The number of carbonyl (C=O) groups is 1. The second-order valence-electron chi connectivity index (χ2n) is 5.73. The minimum atomic E-state index is -0.577. The second-order valence-corrected chi connectivity index (χ2v) is 7.25. The van der Waals surface area contributed by atoms with Gasteiger partial charge in [-0.05, 0) is 30.7 Å². The minimum Gasteiger partial charge on any atom is -0.487 e. The fourth-order valence-electron chi connectivity index (χ4n) is 2.52. The highest BCUT2D eigenvalue weighted by Gasteiger charge is 2.19. The zero-order chi connectivity index (χ0) is 20.1. The second kappa shape index (κ2) is 8.81. The number of thiazole rings is 1. The maximum atomic E-state index is 12.5. The molecule has 0 aliphatic heterocycles. The van der Waals surface area contributed by atoms with Crippen LogP contribution in [0.2, 0.25) is 5.02 Å². The topological polar surface area (TPSA) is 94.4 Å². The summed E-state index contributed by atoms with van der Waals surface area (Å²) in [7, 11) is 0. The van der Waals surface area contributed by atoms with E-state index in [9.17, 15) is 14.9 Å². The number of amides is 1. The third-order valence-electron chi connectivity index (χ3n) is 3.81. The molecule has 0 saturated carbocycles. The normalized spacial score (nSPS) is 10.5. The summed E-state index contributed by atoms with van der Waals surface area (Å²) in [5.74, 6) is -0.356. The lowest BCUT2D eigenvalue weighted by Crippen LogP contribution is -2.12. The van der Waals surface area contributed by atoms with E-state index < -0.39 is 10.8 Å². The van der Waals surface area contributed by atoms with Crippen LogP contribution < -0.4 is 10.1 Å². The molecule has 0 saturated heterocycles. The van der Waals surface area contributed by atoms with Crippen molar-refractivity contribution in [3.05, 3.63) is 79.8 Å². The van der Waals surface area contributed by atoms with Gasteiger partial charge in [0, 0.05) is 34.1 Å².